The molecule has 2 aromatic carbocycles. The van der Waals surface area contributed by atoms with Gasteiger partial charge in [0.15, 0.2) is 0 Å². The van der Waals surface area contributed by atoms with Gasteiger partial charge in [0.05, 0.1) is 11.6 Å². The number of benzene rings is 2. The zero-order valence-electron chi connectivity index (χ0n) is 13.9. The number of carbonyl (C=O) groups is 1. The molecule has 0 unspecified atom stereocenters. The number of amides is 1. The molecule has 0 saturated carbocycles. The summed E-state index contributed by atoms with van der Waals surface area (Å²) in [5.74, 6) is -0.245. The smallest absolute Gasteiger partial charge is 0.247 e. The number of hydrogen-bond donors (Lipinski definition) is 1. The third kappa shape index (κ3) is 4.11. The molecule has 0 radical (unpaired) electrons. The fourth-order valence-electron chi connectivity index (χ4n) is 2.51. The highest BCUT2D eigenvalue weighted by molar-refractivity contribution is 5.73. The first-order valence-electron chi connectivity index (χ1n) is 7.90. The van der Waals surface area contributed by atoms with Gasteiger partial charge in [-0.25, -0.2) is 4.39 Å². The molecule has 6 nitrogen and oxygen atoms in total. The van der Waals surface area contributed by atoms with Crippen molar-refractivity contribution in [2.45, 2.75) is 19.4 Å². The molecule has 1 aromatic heterocycles. The van der Waals surface area contributed by atoms with Crippen LogP contribution in [0.4, 0.5) is 4.39 Å². The number of nitrogens with one attached hydrogen (secondary N) is 1. The summed E-state index contributed by atoms with van der Waals surface area (Å²) in [6.45, 7) is 1.40. The fourth-order valence-corrected chi connectivity index (χ4v) is 2.51. The van der Waals surface area contributed by atoms with Crippen LogP contribution in [0.1, 0.15) is 30.0 Å². The minimum absolute atomic E-state index is 0.176. The Kier molecular flexibility index (Phi) is 5.04. The molecule has 3 aromatic rings. The Labute approximate surface area is 149 Å². The normalized spacial score (nSPS) is 11.6. The summed E-state index contributed by atoms with van der Waals surface area (Å²) in [5, 5.41) is 19.6. The molecule has 3 rings (SSSR count). The monoisotopic (exact) mass is 350 g/mol. The van der Waals surface area contributed by atoms with Crippen LogP contribution in [0.5, 0.6) is 0 Å². The van der Waals surface area contributed by atoms with Crippen LogP contribution in [-0.4, -0.2) is 16.1 Å². The van der Waals surface area contributed by atoms with Crippen LogP contribution in [0.15, 0.2) is 52.9 Å². The summed E-state index contributed by atoms with van der Waals surface area (Å²) in [5.41, 5.74) is 1.91. The van der Waals surface area contributed by atoms with Gasteiger partial charge in [0, 0.05) is 18.9 Å². The van der Waals surface area contributed by atoms with E-state index < -0.39 is 11.9 Å². The molecule has 0 aliphatic carbocycles. The van der Waals surface area contributed by atoms with Gasteiger partial charge in [0.2, 0.25) is 17.7 Å². The predicted molar refractivity (Wildman–Crippen MR) is 91.1 cm³/mol. The Morgan fingerprint density at radius 2 is 2.04 bits per heavy atom. The average Bonchev–Trinajstić information content (AvgIpc) is 3.11. The molecule has 0 saturated heterocycles. The molecule has 1 amide bonds. The molecule has 0 fully saturated rings. The molecule has 26 heavy (non-hydrogen) atoms. The SMILES string of the molecule is CC(=O)N[C@@H](Cc1ccc(C#N)cc1)c1nnc(-c2cccc(F)c2)o1. The highest BCUT2D eigenvalue weighted by Crippen LogP contribution is 2.23. The zero-order valence-corrected chi connectivity index (χ0v) is 13.9. The molecule has 7 heteroatoms. The average molecular weight is 350 g/mol. The van der Waals surface area contributed by atoms with Gasteiger partial charge in [-0.05, 0) is 35.9 Å². The highest BCUT2D eigenvalue weighted by Gasteiger charge is 2.21. The molecule has 0 aliphatic heterocycles. The van der Waals surface area contributed by atoms with E-state index in [1.54, 1.807) is 36.4 Å². The second-order valence-corrected chi connectivity index (χ2v) is 5.72. The summed E-state index contributed by atoms with van der Waals surface area (Å²) >= 11 is 0. The molecular formula is C19H15FN4O2. The van der Waals surface area contributed by atoms with Crippen LogP contribution in [0.25, 0.3) is 11.5 Å². The van der Waals surface area contributed by atoms with Crippen LogP contribution in [0.3, 0.4) is 0 Å². The van der Waals surface area contributed by atoms with Crippen molar-refractivity contribution in [3.8, 4) is 17.5 Å². The highest BCUT2D eigenvalue weighted by atomic mass is 19.1. The largest absolute Gasteiger partial charge is 0.418 e. The van der Waals surface area contributed by atoms with E-state index in [9.17, 15) is 9.18 Å². The minimum Gasteiger partial charge on any atom is -0.418 e. The first kappa shape index (κ1) is 17.3. The number of nitrogens with zero attached hydrogens (tertiary/aromatic N) is 3. The number of rotatable bonds is 5. The van der Waals surface area contributed by atoms with E-state index in [1.807, 2.05) is 0 Å². The number of hydrogen-bond acceptors (Lipinski definition) is 5. The van der Waals surface area contributed by atoms with Crippen LogP contribution < -0.4 is 5.32 Å². The number of halogens is 1. The third-order valence-electron chi connectivity index (χ3n) is 3.71. The van der Waals surface area contributed by atoms with Crippen LogP contribution >= 0.6 is 0 Å². The molecule has 1 N–H and O–H groups in total. The lowest BCUT2D eigenvalue weighted by molar-refractivity contribution is -0.119. The van der Waals surface area contributed by atoms with Crippen molar-refractivity contribution in [1.82, 2.24) is 15.5 Å². The minimum atomic E-state index is -0.532. The Morgan fingerprint density at radius 3 is 2.69 bits per heavy atom. The Morgan fingerprint density at radius 1 is 1.27 bits per heavy atom. The van der Waals surface area contributed by atoms with Crippen molar-refractivity contribution in [2.24, 2.45) is 0 Å². The van der Waals surface area contributed by atoms with Crippen molar-refractivity contribution in [1.29, 1.82) is 5.26 Å². The third-order valence-corrected chi connectivity index (χ3v) is 3.71. The maximum absolute atomic E-state index is 13.4. The Bertz CT molecular complexity index is 960. The standard InChI is InChI=1S/C19H15FN4O2/c1-12(25)22-17(9-13-5-7-14(11-21)8-6-13)19-24-23-18(26-19)15-3-2-4-16(20)10-15/h2-8,10,17H,9H2,1H3,(H,22,25)/t17-/m0/s1. The lowest BCUT2D eigenvalue weighted by Gasteiger charge is -2.14. The lowest BCUT2D eigenvalue weighted by atomic mass is 10.0. The topological polar surface area (TPSA) is 91.8 Å². The molecule has 0 spiro atoms. The summed E-state index contributed by atoms with van der Waals surface area (Å²) in [7, 11) is 0. The van der Waals surface area contributed by atoms with E-state index >= 15 is 0 Å². The summed E-state index contributed by atoms with van der Waals surface area (Å²) in [4.78, 5) is 11.5. The summed E-state index contributed by atoms with van der Waals surface area (Å²) in [6.07, 6.45) is 0.413. The van der Waals surface area contributed by atoms with Gasteiger partial charge >= 0.3 is 0 Å². The first-order chi connectivity index (χ1) is 12.5. The van der Waals surface area contributed by atoms with E-state index in [0.717, 1.165) is 5.56 Å². The summed E-state index contributed by atoms with van der Waals surface area (Å²) in [6, 6.07) is 14.4. The molecule has 0 aliphatic rings. The van der Waals surface area contributed by atoms with E-state index in [1.165, 1.54) is 19.1 Å². The van der Waals surface area contributed by atoms with E-state index in [0.29, 0.717) is 17.5 Å². The van der Waals surface area contributed by atoms with E-state index in [4.69, 9.17) is 9.68 Å². The van der Waals surface area contributed by atoms with Gasteiger partial charge in [-0.2, -0.15) is 5.26 Å². The molecule has 130 valence electrons. The maximum atomic E-state index is 13.4. The van der Waals surface area contributed by atoms with Crippen LogP contribution in [-0.2, 0) is 11.2 Å². The first-order valence-corrected chi connectivity index (χ1v) is 7.90. The quantitative estimate of drug-likeness (QED) is 0.763. The van der Waals surface area contributed by atoms with Crippen molar-refractivity contribution in [3.63, 3.8) is 0 Å². The second-order valence-electron chi connectivity index (χ2n) is 5.72. The molecule has 1 heterocycles. The van der Waals surface area contributed by atoms with Crippen molar-refractivity contribution in [3.05, 3.63) is 71.4 Å². The number of aromatic nitrogens is 2. The van der Waals surface area contributed by atoms with Crippen molar-refractivity contribution < 1.29 is 13.6 Å². The van der Waals surface area contributed by atoms with Gasteiger partial charge in [0.1, 0.15) is 11.9 Å². The van der Waals surface area contributed by atoms with Crippen LogP contribution in [0, 0.1) is 17.1 Å². The maximum Gasteiger partial charge on any atom is 0.247 e. The van der Waals surface area contributed by atoms with E-state index in [-0.39, 0.29) is 17.7 Å². The van der Waals surface area contributed by atoms with Gasteiger partial charge in [-0.15, -0.1) is 10.2 Å². The second kappa shape index (κ2) is 7.57. The predicted octanol–water partition coefficient (Wildman–Crippen LogP) is 3.17. The number of carbonyl (C=O) groups excluding carboxylic acids is 1. The Hall–Kier alpha value is -3.53. The van der Waals surface area contributed by atoms with Crippen molar-refractivity contribution >= 4 is 5.91 Å². The molecule has 0 bridgehead atoms. The van der Waals surface area contributed by atoms with Gasteiger partial charge < -0.3 is 9.73 Å². The number of nitriles is 1. The van der Waals surface area contributed by atoms with E-state index in [2.05, 4.69) is 21.6 Å². The van der Waals surface area contributed by atoms with Crippen LogP contribution in [0.2, 0.25) is 0 Å². The Balaban J connectivity index is 1.85. The molecular weight excluding hydrogens is 335 g/mol. The molecule has 1 atom stereocenters. The van der Waals surface area contributed by atoms with Gasteiger partial charge in [0.25, 0.3) is 0 Å². The lowest BCUT2D eigenvalue weighted by Crippen LogP contribution is -2.28. The zero-order chi connectivity index (χ0) is 18.5. The summed E-state index contributed by atoms with van der Waals surface area (Å²) < 4.78 is 19.0. The van der Waals surface area contributed by atoms with Gasteiger partial charge in [-0.1, -0.05) is 18.2 Å². The van der Waals surface area contributed by atoms with Crippen molar-refractivity contribution in [2.75, 3.05) is 0 Å². The van der Waals surface area contributed by atoms with Gasteiger partial charge in [-0.3, -0.25) is 4.79 Å². The fraction of sp³-hybridized carbons (Fsp3) is 0.158.